The third-order valence-corrected chi connectivity index (χ3v) is 10.5. The van der Waals surface area contributed by atoms with Gasteiger partial charge in [0.2, 0.25) is 11.8 Å². The predicted octanol–water partition coefficient (Wildman–Crippen LogP) is 7.00. The zero-order chi connectivity index (χ0) is 32.6. The molecule has 0 heterocycles. The summed E-state index contributed by atoms with van der Waals surface area (Å²) in [6.07, 6.45) is 2.12. The Morgan fingerprint density at radius 3 is 2.13 bits per heavy atom. The monoisotopic (exact) mass is 683 g/mol. The molecular formula is C34H35Cl2N3O4S2. The van der Waals surface area contributed by atoms with Gasteiger partial charge in [0.1, 0.15) is 12.6 Å². The highest BCUT2D eigenvalue weighted by Crippen LogP contribution is 2.28. The van der Waals surface area contributed by atoms with Gasteiger partial charge in [-0.3, -0.25) is 13.9 Å². The maximum absolute atomic E-state index is 14.4. The van der Waals surface area contributed by atoms with Gasteiger partial charge in [0.25, 0.3) is 10.0 Å². The lowest BCUT2D eigenvalue weighted by atomic mass is 10.0. The number of likely N-dealkylation sites (N-methyl/N-ethyl adjacent to an activating group) is 1. The number of benzene rings is 4. The van der Waals surface area contributed by atoms with Gasteiger partial charge in [-0.1, -0.05) is 77.3 Å². The second kappa shape index (κ2) is 15.7. The number of nitrogens with zero attached hydrogens (tertiary/aromatic N) is 2. The second-order valence-electron chi connectivity index (χ2n) is 10.4. The van der Waals surface area contributed by atoms with Crippen LogP contribution in [0.1, 0.15) is 23.6 Å². The van der Waals surface area contributed by atoms with E-state index in [1.807, 2.05) is 43.5 Å². The normalized spacial score (nSPS) is 11.9. The summed E-state index contributed by atoms with van der Waals surface area (Å²) >= 11 is 14.0. The van der Waals surface area contributed by atoms with Gasteiger partial charge < -0.3 is 10.2 Å². The summed E-state index contributed by atoms with van der Waals surface area (Å²) in [7, 11) is -4.18. The van der Waals surface area contributed by atoms with E-state index in [4.69, 9.17) is 23.2 Å². The minimum atomic E-state index is -4.18. The number of thioether (sulfide) groups is 1. The van der Waals surface area contributed by atoms with E-state index in [9.17, 15) is 18.0 Å². The van der Waals surface area contributed by atoms with Crippen LogP contribution in [0.3, 0.4) is 0 Å². The Kier molecular flexibility index (Phi) is 12.0. The molecule has 236 valence electrons. The number of carbonyl (C=O) groups is 2. The van der Waals surface area contributed by atoms with Crippen molar-refractivity contribution in [1.29, 1.82) is 0 Å². The molecule has 0 aliphatic heterocycles. The average Bonchev–Trinajstić information content (AvgIpc) is 3.04. The molecule has 4 aromatic carbocycles. The van der Waals surface area contributed by atoms with Gasteiger partial charge in [0, 0.05) is 24.4 Å². The van der Waals surface area contributed by atoms with Crippen LogP contribution in [-0.2, 0) is 32.6 Å². The molecule has 0 aliphatic carbocycles. The molecule has 0 fully saturated rings. The molecule has 1 N–H and O–H groups in total. The molecule has 45 heavy (non-hydrogen) atoms. The summed E-state index contributed by atoms with van der Waals surface area (Å²) in [6.45, 7) is 3.51. The predicted molar refractivity (Wildman–Crippen MR) is 184 cm³/mol. The second-order valence-corrected chi connectivity index (χ2v) is 13.9. The van der Waals surface area contributed by atoms with Crippen LogP contribution in [0.2, 0.25) is 10.0 Å². The van der Waals surface area contributed by atoms with Crippen molar-refractivity contribution in [2.24, 2.45) is 0 Å². The summed E-state index contributed by atoms with van der Waals surface area (Å²) in [5.74, 6) is -0.912. The Balaban J connectivity index is 1.80. The standard InChI is InChI=1S/C34H35Cl2N3O4S2/c1-4-37-34(41)32(21-25-8-6-5-7-9-25)38(22-26-12-19-30(35)31(36)20-26)33(40)23-39(27-13-10-24(2)11-14-27)45(42,43)29-17-15-28(44-3)16-18-29/h5-20,32H,4,21-23H2,1-3H3,(H,37,41). The third kappa shape index (κ3) is 8.82. The van der Waals surface area contributed by atoms with E-state index in [-0.39, 0.29) is 23.8 Å². The number of hydrogen-bond acceptors (Lipinski definition) is 5. The van der Waals surface area contributed by atoms with Crippen LogP contribution >= 0.6 is 35.0 Å². The third-order valence-electron chi connectivity index (χ3n) is 7.21. The Morgan fingerprint density at radius 1 is 0.867 bits per heavy atom. The zero-order valence-corrected chi connectivity index (χ0v) is 28.4. The van der Waals surface area contributed by atoms with E-state index >= 15 is 0 Å². The van der Waals surface area contributed by atoms with Crippen molar-refractivity contribution < 1.29 is 18.0 Å². The molecule has 11 heteroatoms. The van der Waals surface area contributed by atoms with Gasteiger partial charge in [0.15, 0.2) is 0 Å². The molecule has 0 radical (unpaired) electrons. The van der Waals surface area contributed by atoms with Crippen LogP contribution in [0.5, 0.6) is 0 Å². The number of halogens is 2. The van der Waals surface area contributed by atoms with Crippen LogP contribution in [0.15, 0.2) is 107 Å². The van der Waals surface area contributed by atoms with Gasteiger partial charge in [-0.2, -0.15) is 0 Å². The SMILES string of the molecule is CCNC(=O)C(Cc1ccccc1)N(Cc1ccc(Cl)c(Cl)c1)C(=O)CN(c1ccc(C)cc1)S(=O)(=O)c1ccc(SC)cc1. The van der Waals surface area contributed by atoms with Crippen molar-refractivity contribution in [3.63, 3.8) is 0 Å². The fourth-order valence-electron chi connectivity index (χ4n) is 4.80. The number of anilines is 1. The van der Waals surface area contributed by atoms with Gasteiger partial charge in [-0.15, -0.1) is 11.8 Å². The Morgan fingerprint density at radius 2 is 1.53 bits per heavy atom. The molecule has 4 aromatic rings. The lowest BCUT2D eigenvalue weighted by Gasteiger charge is -2.34. The first-order valence-electron chi connectivity index (χ1n) is 14.3. The number of aryl methyl sites for hydroxylation is 1. The number of rotatable bonds is 13. The Labute approximate surface area is 279 Å². The van der Waals surface area contributed by atoms with Crippen molar-refractivity contribution >= 4 is 62.5 Å². The van der Waals surface area contributed by atoms with E-state index in [0.717, 1.165) is 20.3 Å². The van der Waals surface area contributed by atoms with Crippen molar-refractivity contribution in [2.75, 3.05) is 23.7 Å². The fraction of sp³-hybridized carbons (Fsp3) is 0.235. The molecule has 7 nitrogen and oxygen atoms in total. The number of nitrogens with one attached hydrogen (secondary N) is 1. The molecule has 0 saturated carbocycles. The lowest BCUT2D eigenvalue weighted by molar-refractivity contribution is -0.140. The molecule has 0 saturated heterocycles. The molecule has 0 spiro atoms. The number of amides is 2. The molecule has 0 aliphatic rings. The summed E-state index contributed by atoms with van der Waals surface area (Å²) in [6, 6.07) is 26.9. The quantitative estimate of drug-likeness (QED) is 0.154. The van der Waals surface area contributed by atoms with Crippen molar-refractivity contribution in [2.45, 2.75) is 42.6 Å². The van der Waals surface area contributed by atoms with Crippen molar-refractivity contribution in [3.8, 4) is 0 Å². The summed E-state index contributed by atoms with van der Waals surface area (Å²) < 4.78 is 29.4. The first-order valence-corrected chi connectivity index (χ1v) is 17.7. The maximum atomic E-state index is 14.4. The minimum Gasteiger partial charge on any atom is -0.355 e. The number of hydrogen-bond donors (Lipinski definition) is 1. The minimum absolute atomic E-state index is 0.00539. The molecule has 1 unspecified atom stereocenters. The van der Waals surface area contributed by atoms with Gasteiger partial charge in [-0.25, -0.2) is 8.42 Å². The van der Waals surface area contributed by atoms with E-state index < -0.39 is 28.5 Å². The summed E-state index contributed by atoms with van der Waals surface area (Å²) in [5.41, 5.74) is 2.75. The van der Waals surface area contributed by atoms with E-state index in [0.29, 0.717) is 27.8 Å². The van der Waals surface area contributed by atoms with Crippen molar-refractivity contribution in [3.05, 3.63) is 124 Å². The molecule has 1 atom stereocenters. The Hall–Kier alpha value is -3.50. The van der Waals surface area contributed by atoms with E-state index in [1.165, 1.54) is 28.8 Å². The van der Waals surface area contributed by atoms with Gasteiger partial charge >= 0.3 is 0 Å². The smallest absolute Gasteiger partial charge is 0.264 e. The molecule has 2 amide bonds. The van der Waals surface area contributed by atoms with Crippen LogP contribution in [0.4, 0.5) is 5.69 Å². The number of sulfonamides is 1. The molecule has 4 rings (SSSR count). The topological polar surface area (TPSA) is 86.8 Å². The highest BCUT2D eigenvalue weighted by atomic mass is 35.5. The average molecular weight is 685 g/mol. The molecule has 0 aromatic heterocycles. The van der Waals surface area contributed by atoms with Crippen LogP contribution < -0.4 is 9.62 Å². The number of carbonyl (C=O) groups excluding carboxylic acids is 2. The first-order chi connectivity index (χ1) is 21.5. The lowest BCUT2D eigenvalue weighted by Crippen LogP contribution is -2.53. The van der Waals surface area contributed by atoms with E-state index in [2.05, 4.69) is 5.32 Å². The van der Waals surface area contributed by atoms with Gasteiger partial charge in [0.05, 0.1) is 20.6 Å². The van der Waals surface area contributed by atoms with Crippen molar-refractivity contribution in [1.82, 2.24) is 10.2 Å². The molecule has 0 bridgehead atoms. The van der Waals surface area contributed by atoms with Crippen LogP contribution in [0, 0.1) is 6.92 Å². The Bertz CT molecular complexity index is 1720. The first kappa shape index (κ1) is 34.4. The van der Waals surface area contributed by atoms with E-state index in [1.54, 1.807) is 61.5 Å². The zero-order valence-electron chi connectivity index (χ0n) is 25.2. The summed E-state index contributed by atoms with van der Waals surface area (Å²) in [5, 5.41) is 3.51. The fourth-order valence-corrected chi connectivity index (χ4v) is 6.94. The highest BCUT2D eigenvalue weighted by molar-refractivity contribution is 7.98. The van der Waals surface area contributed by atoms with Crippen LogP contribution in [-0.4, -0.2) is 50.5 Å². The molecular weight excluding hydrogens is 649 g/mol. The largest absolute Gasteiger partial charge is 0.355 e. The summed E-state index contributed by atoms with van der Waals surface area (Å²) in [4.78, 5) is 30.4. The highest BCUT2D eigenvalue weighted by Gasteiger charge is 2.34. The van der Waals surface area contributed by atoms with Crippen LogP contribution in [0.25, 0.3) is 0 Å². The maximum Gasteiger partial charge on any atom is 0.264 e. The van der Waals surface area contributed by atoms with Gasteiger partial charge in [-0.05, 0) is 79.8 Å².